The topological polar surface area (TPSA) is 104 Å². The average molecular weight is 567 g/mol. The van der Waals surface area contributed by atoms with E-state index < -0.39 is 0 Å². The molecule has 0 atom stereocenters. The maximum absolute atomic E-state index is 12.5. The fraction of sp³-hybridized carbons (Fsp3) is 0.160. The molecule has 0 aliphatic rings. The molecule has 0 fully saturated rings. The molecule has 0 unspecified atom stereocenters. The van der Waals surface area contributed by atoms with Crippen molar-refractivity contribution in [2.45, 2.75) is 12.1 Å². The molecule has 0 saturated heterocycles. The van der Waals surface area contributed by atoms with Crippen LogP contribution in [-0.4, -0.2) is 51.3 Å². The van der Waals surface area contributed by atoms with Gasteiger partial charge in [0.1, 0.15) is 11.5 Å². The Kier molecular flexibility index (Phi) is 8.69. The molecule has 0 aliphatic heterocycles. The number of benzene rings is 2. The molecule has 0 spiro atoms. The zero-order valence-electron chi connectivity index (χ0n) is 19.6. The largest absolute Gasteiger partial charge is 0.496 e. The van der Waals surface area contributed by atoms with Crippen LogP contribution in [0.4, 0.5) is 0 Å². The summed E-state index contributed by atoms with van der Waals surface area (Å²) in [5.41, 5.74) is 5.01. The van der Waals surface area contributed by atoms with Gasteiger partial charge in [0.25, 0.3) is 5.91 Å². The van der Waals surface area contributed by atoms with Crippen molar-refractivity contribution in [3.05, 3.63) is 77.0 Å². The first-order valence-corrected chi connectivity index (χ1v) is 12.7. The van der Waals surface area contributed by atoms with Gasteiger partial charge in [0.05, 0.1) is 30.2 Å². The zero-order chi connectivity index (χ0) is 25.3. The third kappa shape index (κ3) is 6.29. The fourth-order valence-electron chi connectivity index (χ4n) is 3.24. The number of rotatable bonds is 10. The fourth-order valence-corrected chi connectivity index (χ4v) is 4.54. The molecule has 2 aromatic heterocycles. The van der Waals surface area contributed by atoms with Crippen LogP contribution in [0.2, 0.25) is 0 Å². The quantitative estimate of drug-likeness (QED) is 0.168. The summed E-state index contributed by atoms with van der Waals surface area (Å²) in [6, 6.07) is 16.9. The molecule has 11 heteroatoms. The Bertz CT molecular complexity index is 1350. The second-order valence-corrected chi connectivity index (χ2v) is 9.08. The van der Waals surface area contributed by atoms with Crippen LogP contribution >= 0.6 is 27.7 Å². The zero-order valence-corrected chi connectivity index (χ0v) is 22.0. The smallest absolute Gasteiger partial charge is 0.250 e. The summed E-state index contributed by atoms with van der Waals surface area (Å²) >= 11 is 4.69. The first-order chi connectivity index (χ1) is 17.6. The number of hydrogen-bond donors (Lipinski definition) is 1. The van der Waals surface area contributed by atoms with Gasteiger partial charge in [0.2, 0.25) is 0 Å². The van der Waals surface area contributed by atoms with E-state index in [1.807, 2.05) is 66.1 Å². The molecule has 0 saturated carbocycles. The third-order valence-corrected chi connectivity index (χ3v) is 6.42. The Labute approximate surface area is 221 Å². The predicted molar refractivity (Wildman–Crippen MR) is 143 cm³/mol. The number of halogens is 1. The van der Waals surface area contributed by atoms with E-state index in [4.69, 9.17) is 9.47 Å². The van der Waals surface area contributed by atoms with Gasteiger partial charge in [0, 0.05) is 23.6 Å². The van der Waals surface area contributed by atoms with E-state index in [1.165, 1.54) is 11.8 Å². The molecule has 2 heterocycles. The summed E-state index contributed by atoms with van der Waals surface area (Å²) in [6.07, 6.45) is 4.99. The average Bonchev–Trinajstić information content (AvgIpc) is 3.33. The molecule has 0 radical (unpaired) electrons. The van der Waals surface area contributed by atoms with E-state index in [0.717, 1.165) is 32.8 Å². The molecule has 36 heavy (non-hydrogen) atoms. The number of hydrazone groups is 1. The Balaban J connectivity index is 1.48. The summed E-state index contributed by atoms with van der Waals surface area (Å²) in [4.78, 5) is 16.6. The van der Waals surface area contributed by atoms with Crippen LogP contribution in [0.1, 0.15) is 12.5 Å². The highest BCUT2D eigenvalue weighted by Gasteiger charge is 2.17. The van der Waals surface area contributed by atoms with Crippen molar-refractivity contribution in [1.82, 2.24) is 25.2 Å². The van der Waals surface area contributed by atoms with Gasteiger partial charge in [-0.2, -0.15) is 5.10 Å². The van der Waals surface area contributed by atoms with Crippen molar-refractivity contribution in [2.75, 3.05) is 19.5 Å². The van der Waals surface area contributed by atoms with E-state index in [1.54, 1.807) is 25.7 Å². The molecule has 184 valence electrons. The summed E-state index contributed by atoms with van der Waals surface area (Å²) in [7, 11) is 1.60. The normalized spacial score (nSPS) is 11.0. The van der Waals surface area contributed by atoms with Crippen molar-refractivity contribution in [2.24, 2.45) is 5.10 Å². The van der Waals surface area contributed by atoms with Crippen LogP contribution in [0.5, 0.6) is 11.5 Å². The number of nitrogens with one attached hydrogen (secondary N) is 1. The molecule has 4 aromatic rings. The van der Waals surface area contributed by atoms with Crippen molar-refractivity contribution in [3.63, 3.8) is 0 Å². The van der Waals surface area contributed by atoms with Crippen molar-refractivity contribution >= 4 is 39.8 Å². The number of amides is 1. The lowest BCUT2D eigenvalue weighted by Crippen LogP contribution is -2.20. The molecule has 4 rings (SSSR count). The van der Waals surface area contributed by atoms with Gasteiger partial charge < -0.3 is 9.47 Å². The number of carbonyl (C=O) groups is 1. The van der Waals surface area contributed by atoms with E-state index in [0.29, 0.717) is 17.6 Å². The second kappa shape index (κ2) is 12.3. The first-order valence-electron chi connectivity index (χ1n) is 11.0. The lowest BCUT2D eigenvalue weighted by molar-refractivity contribution is -0.118. The van der Waals surface area contributed by atoms with Crippen LogP contribution in [0.3, 0.4) is 0 Å². The number of carbonyl (C=O) groups excluding carboxylic acids is 1. The van der Waals surface area contributed by atoms with Crippen LogP contribution in [-0.2, 0) is 4.79 Å². The van der Waals surface area contributed by atoms with Crippen LogP contribution in [0.15, 0.2) is 81.7 Å². The maximum Gasteiger partial charge on any atom is 0.250 e. The minimum atomic E-state index is -0.270. The molecule has 1 amide bonds. The van der Waals surface area contributed by atoms with Gasteiger partial charge in [0.15, 0.2) is 11.0 Å². The van der Waals surface area contributed by atoms with Gasteiger partial charge in [-0.05, 0) is 83.0 Å². The Morgan fingerprint density at radius 3 is 2.72 bits per heavy atom. The summed E-state index contributed by atoms with van der Waals surface area (Å²) in [5, 5.41) is 13.3. The highest BCUT2D eigenvalue weighted by atomic mass is 79.9. The number of aromatic nitrogens is 4. The predicted octanol–water partition coefficient (Wildman–Crippen LogP) is 4.74. The van der Waals surface area contributed by atoms with Gasteiger partial charge in [-0.3, -0.25) is 14.3 Å². The lowest BCUT2D eigenvalue weighted by atomic mass is 10.2. The van der Waals surface area contributed by atoms with Crippen molar-refractivity contribution in [3.8, 4) is 28.6 Å². The van der Waals surface area contributed by atoms with Gasteiger partial charge in [-0.25, -0.2) is 5.43 Å². The van der Waals surface area contributed by atoms with Gasteiger partial charge in [-0.1, -0.05) is 11.8 Å². The number of nitrogens with zero attached hydrogens (tertiary/aromatic N) is 5. The number of pyridine rings is 1. The second-order valence-electron chi connectivity index (χ2n) is 7.29. The molecule has 0 bridgehead atoms. The molecule has 1 N–H and O–H groups in total. The monoisotopic (exact) mass is 566 g/mol. The number of ether oxygens (including phenoxy) is 2. The lowest BCUT2D eigenvalue weighted by Gasteiger charge is -2.11. The highest BCUT2D eigenvalue weighted by Crippen LogP contribution is 2.28. The molecular formula is C25H23BrN6O3S. The van der Waals surface area contributed by atoms with Gasteiger partial charge in [-0.15, -0.1) is 10.2 Å². The third-order valence-electron chi connectivity index (χ3n) is 4.87. The van der Waals surface area contributed by atoms with Gasteiger partial charge >= 0.3 is 0 Å². The van der Waals surface area contributed by atoms with Crippen molar-refractivity contribution < 1.29 is 14.3 Å². The number of thioether (sulfide) groups is 1. The van der Waals surface area contributed by atoms with E-state index in [2.05, 4.69) is 41.6 Å². The van der Waals surface area contributed by atoms with E-state index >= 15 is 0 Å². The van der Waals surface area contributed by atoms with Crippen LogP contribution in [0.25, 0.3) is 17.1 Å². The van der Waals surface area contributed by atoms with Crippen LogP contribution < -0.4 is 14.9 Å². The highest BCUT2D eigenvalue weighted by molar-refractivity contribution is 9.10. The Hall–Kier alpha value is -3.70. The van der Waals surface area contributed by atoms with E-state index in [-0.39, 0.29) is 11.7 Å². The molecule has 0 aliphatic carbocycles. The van der Waals surface area contributed by atoms with Crippen LogP contribution in [0, 0.1) is 0 Å². The number of methoxy groups -OCH3 is 1. The summed E-state index contributed by atoms with van der Waals surface area (Å²) in [6.45, 7) is 2.52. The Morgan fingerprint density at radius 1 is 1.19 bits per heavy atom. The standard InChI is InChI=1S/C25H23BrN6O3S/c1-3-35-20-9-7-19(8-10-20)32-24(18-5-4-12-27-15-18)30-31-25(32)36-16-23(33)29-28-14-17-6-11-22(34-2)21(26)13-17/h4-15H,3,16H2,1-2H3,(H,29,33). The summed E-state index contributed by atoms with van der Waals surface area (Å²) in [5.74, 6) is 1.94. The SMILES string of the molecule is CCOc1ccc(-n2c(SCC(=O)NN=Cc3ccc(OC)c(Br)c3)nnc2-c2cccnc2)cc1. The molecular weight excluding hydrogens is 544 g/mol. The minimum Gasteiger partial charge on any atom is -0.496 e. The maximum atomic E-state index is 12.5. The number of hydrogen-bond acceptors (Lipinski definition) is 8. The van der Waals surface area contributed by atoms with E-state index in [9.17, 15) is 4.79 Å². The summed E-state index contributed by atoms with van der Waals surface area (Å²) < 4.78 is 13.5. The molecule has 2 aromatic carbocycles. The first kappa shape index (κ1) is 25.4. The molecule has 9 nitrogen and oxygen atoms in total. The Morgan fingerprint density at radius 2 is 2.03 bits per heavy atom. The minimum absolute atomic E-state index is 0.103. The van der Waals surface area contributed by atoms with Crippen molar-refractivity contribution in [1.29, 1.82) is 0 Å².